The van der Waals surface area contributed by atoms with Gasteiger partial charge in [-0.25, -0.2) is 8.42 Å². The van der Waals surface area contributed by atoms with Gasteiger partial charge in [-0.3, -0.25) is 0 Å². The molecule has 1 aliphatic heterocycles. The molecule has 9 nitrogen and oxygen atoms in total. The molecule has 0 radical (unpaired) electrons. The molecule has 0 amide bonds. The van der Waals surface area contributed by atoms with Crippen LogP contribution >= 0.6 is 11.3 Å². The number of alkyl halides is 3. The summed E-state index contributed by atoms with van der Waals surface area (Å²) < 4.78 is 96.9. The Balaban J connectivity index is 2.00. The van der Waals surface area contributed by atoms with Crippen molar-refractivity contribution in [3.05, 3.63) is 47.3 Å². The molecule has 2 aromatic rings. The summed E-state index contributed by atoms with van der Waals surface area (Å²) >= 11 is 1.09. The summed E-state index contributed by atoms with van der Waals surface area (Å²) in [5, 5.41) is 11.7. The van der Waals surface area contributed by atoms with Crippen LogP contribution in [0.5, 0.6) is 0 Å². The molecular formula is C24H35F3N4O5S3. The first-order chi connectivity index (χ1) is 17.9. The molecule has 0 bridgehead atoms. The number of benzene rings is 1. The summed E-state index contributed by atoms with van der Waals surface area (Å²) in [5.41, 5.74) is -2.90. The average molecular weight is 613 g/mol. The maximum atomic E-state index is 13.3. The Morgan fingerprint density at radius 1 is 1.08 bits per heavy atom. The summed E-state index contributed by atoms with van der Waals surface area (Å²) in [6, 6.07) is 7.72. The maximum absolute atomic E-state index is 13.3. The average Bonchev–Trinajstić information content (AvgIpc) is 3.38. The lowest BCUT2D eigenvalue weighted by atomic mass is 9.95. The van der Waals surface area contributed by atoms with Gasteiger partial charge in [0.05, 0.1) is 6.04 Å². The fourth-order valence-electron chi connectivity index (χ4n) is 4.36. The molecule has 3 rings (SSSR count). The minimum Gasteiger partial charge on any atom is -0.376 e. The topological polar surface area (TPSA) is 101 Å². The molecule has 2 heterocycles. The lowest BCUT2D eigenvalue weighted by Crippen LogP contribution is -2.59. The van der Waals surface area contributed by atoms with E-state index in [9.17, 15) is 35.1 Å². The molecule has 0 aliphatic carbocycles. The van der Waals surface area contributed by atoms with Gasteiger partial charge in [0.1, 0.15) is 4.21 Å². The number of sulfonamides is 1. The molecule has 2 atom stereocenters. The van der Waals surface area contributed by atoms with Crippen molar-refractivity contribution in [2.24, 2.45) is 5.92 Å². The van der Waals surface area contributed by atoms with Crippen LogP contribution in [0.4, 0.5) is 18.9 Å². The van der Waals surface area contributed by atoms with E-state index in [0.29, 0.717) is 12.6 Å². The van der Waals surface area contributed by atoms with E-state index in [2.05, 4.69) is 0 Å². The minimum absolute atomic E-state index is 0.0217. The van der Waals surface area contributed by atoms with Crippen molar-refractivity contribution in [3.63, 3.8) is 0 Å². The predicted molar refractivity (Wildman–Crippen MR) is 145 cm³/mol. The second kappa shape index (κ2) is 11.6. The van der Waals surface area contributed by atoms with E-state index in [1.165, 1.54) is 53.0 Å². The molecule has 0 unspecified atom stereocenters. The van der Waals surface area contributed by atoms with E-state index in [1.54, 1.807) is 11.4 Å². The van der Waals surface area contributed by atoms with Crippen LogP contribution in [-0.4, -0.2) is 93.9 Å². The Morgan fingerprint density at radius 3 is 2.18 bits per heavy atom. The third-order valence-corrected chi connectivity index (χ3v) is 11.7. The highest BCUT2D eigenvalue weighted by molar-refractivity contribution is 7.91. The molecule has 39 heavy (non-hydrogen) atoms. The van der Waals surface area contributed by atoms with Crippen LogP contribution in [0.2, 0.25) is 0 Å². The van der Waals surface area contributed by atoms with Crippen LogP contribution in [0.15, 0.2) is 46.0 Å². The lowest BCUT2D eigenvalue weighted by molar-refractivity contribution is -0.258. The zero-order valence-corrected chi connectivity index (χ0v) is 24.9. The lowest BCUT2D eigenvalue weighted by Gasteiger charge is -2.44. The molecule has 1 aromatic carbocycles. The van der Waals surface area contributed by atoms with Crippen molar-refractivity contribution in [2.75, 3.05) is 51.7 Å². The van der Waals surface area contributed by atoms with E-state index < -0.39 is 38.1 Å². The van der Waals surface area contributed by atoms with Crippen molar-refractivity contribution in [1.29, 1.82) is 0 Å². The first-order valence-corrected chi connectivity index (χ1v) is 16.0. The smallest absolute Gasteiger partial charge is 0.376 e. The zero-order chi connectivity index (χ0) is 29.4. The van der Waals surface area contributed by atoms with Crippen molar-refractivity contribution >= 4 is 37.3 Å². The second-order valence-corrected chi connectivity index (χ2v) is 15.5. The van der Waals surface area contributed by atoms with Crippen LogP contribution in [0.3, 0.4) is 0 Å². The molecule has 220 valence electrons. The van der Waals surface area contributed by atoms with Gasteiger partial charge in [-0.15, -0.1) is 11.3 Å². The monoisotopic (exact) mass is 612 g/mol. The zero-order valence-electron chi connectivity index (χ0n) is 22.5. The Bertz CT molecular complexity index is 1310. The first-order valence-electron chi connectivity index (χ1n) is 12.3. The highest BCUT2D eigenvalue weighted by Crippen LogP contribution is 2.39. The van der Waals surface area contributed by atoms with Crippen LogP contribution in [0.25, 0.3) is 0 Å². The summed E-state index contributed by atoms with van der Waals surface area (Å²) in [6.45, 7) is 4.82. The summed E-state index contributed by atoms with van der Waals surface area (Å²) in [7, 11) is -4.85. The Kier molecular flexibility index (Phi) is 9.47. The number of halogens is 3. The Morgan fingerprint density at radius 2 is 1.69 bits per heavy atom. The second-order valence-electron chi connectivity index (χ2n) is 10.3. The standard InChI is InChI=1S/C24H35F3N4O5S3/c1-18(2)15-30(39(35,36)28(4)5)17-21-16-29(38(33,34)22-7-6-14-37-22)12-13-31(21)20-10-8-19(9-11-20)23(3,32)24(25,26)27/h6-11,14,18,21,32H,12-13,15-17H2,1-5H3/t21-,23+/m1/s1. The van der Waals surface area contributed by atoms with Gasteiger partial charge in [-0.05, 0) is 42.0 Å². The van der Waals surface area contributed by atoms with Gasteiger partial charge in [0.2, 0.25) is 0 Å². The van der Waals surface area contributed by atoms with E-state index in [-0.39, 0.29) is 48.4 Å². The van der Waals surface area contributed by atoms with Gasteiger partial charge in [-0.2, -0.15) is 34.5 Å². The number of anilines is 1. The van der Waals surface area contributed by atoms with Crippen molar-refractivity contribution in [1.82, 2.24) is 12.9 Å². The van der Waals surface area contributed by atoms with Gasteiger partial charge in [-0.1, -0.05) is 32.0 Å². The number of nitrogens with zero attached hydrogens (tertiary/aromatic N) is 4. The Labute approximate surface area is 232 Å². The van der Waals surface area contributed by atoms with Crippen molar-refractivity contribution < 1.29 is 35.1 Å². The van der Waals surface area contributed by atoms with E-state index >= 15 is 0 Å². The SMILES string of the molecule is CC(C)CN(C[C@H]1CN(S(=O)(=O)c2cccs2)CCN1c1ccc([C@](C)(O)C(F)(F)F)cc1)S(=O)(=O)N(C)C. The van der Waals surface area contributed by atoms with Gasteiger partial charge in [0, 0.05) is 52.5 Å². The quantitative estimate of drug-likeness (QED) is 0.443. The number of aliphatic hydroxyl groups is 1. The fraction of sp³-hybridized carbons (Fsp3) is 0.583. The van der Waals surface area contributed by atoms with Gasteiger partial charge in [0.15, 0.2) is 5.60 Å². The molecule has 0 spiro atoms. The van der Waals surface area contributed by atoms with Crippen LogP contribution in [0, 0.1) is 5.92 Å². The van der Waals surface area contributed by atoms with E-state index in [1.807, 2.05) is 18.7 Å². The molecule has 1 N–H and O–H groups in total. The molecule has 0 saturated carbocycles. The molecule has 1 fully saturated rings. The van der Waals surface area contributed by atoms with Crippen LogP contribution in [0.1, 0.15) is 26.3 Å². The largest absolute Gasteiger partial charge is 0.421 e. The molecule has 1 saturated heterocycles. The molecule has 15 heteroatoms. The minimum atomic E-state index is -4.88. The van der Waals surface area contributed by atoms with Gasteiger partial charge >= 0.3 is 6.18 Å². The van der Waals surface area contributed by atoms with E-state index in [4.69, 9.17) is 0 Å². The number of thiophene rings is 1. The number of rotatable bonds is 10. The molecule has 1 aliphatic rings. The third-order valence-electron chi connectivity index (χ3n) is 6.62. The summed E-state index contributed by atoms with van der Waals surface area (Å²) in [6.07, 6.45) is -4.88. The van der Waals surface area contributed by atoms with Crippen LogP contribution in [-0.2, 0) is 25.8 Å². The normalized spacial score (nSPS) is 19.7. The summed E-state index contributed by atoms with van der Waals surface area (Å²) in [4.78, 5) is 1.81. The van der Waals surface area contributed by atoms with Gasteiger partial charge in [0.25, 0.3) is 20.2 Å². The highest BCUT2D eigenvalue weighted by Gasteiger charge is 2.51. The molecular weight excluding hydrogens is 577 g/mol. The number of hydrogen-bond donors (Lipinski definition) is 1. The van der Waals surface area contributed by atoms with Crippen molar-refractivity contribution in [3.8, 4) is 0 Å². The maximum Gasteiger partial charge on any atom is 0.421 e. The third kappa shape index (κ3) is 6.77. The Hall–Kier alpha value is -1.75. The number of piperazine rings is 1. The van der Waals surface area contributed by atoms with Crippen LogP contribution < -0.4 is 4.90 Å². The summed E-state index contributed by atoms with van der Waals surface area (Å²) in [5.74, 6) is -0.0217. The fourth-order valence-corrected chi connectivity index (χ4v) is 8.28. The first kappa shape index (κ1) is 31.8. The van der Waals surface area contributed by atoms with Crippen molar-refractivity contribution in [2.45, 2.75) is 42.8 Å². The highest BCUT2D eigenvalue weighted by atomic mass is 32.2. The van der Waals surface area contributed by atoms with Gasteiger partial charge < -0.3 is 10.0 Å². The number of hydrogen-bond acceptors (Lipinski definition) is 7. The predicted octanol–water partition coefficient (Wildman–Crippen LogP) is 3.16. The van der Waals surface area contributed by atoms with E-state index in [0.717, 1.165) is 15.6 Å². The molecule has 1 aromatic heterocycles.